The van der Waals surface area contributed by atoms with E-state index >= 15 is 0 Å². The Bertz CT molecular complexity index is 240. The summed E-state index contributed by atoms with van der Waals surface area (Å²) in [5.74, 6) is 0. The summed E-state index contributed by atoms with van der Waals surface area (Å²) >= 11 is 0. The van der Waals surface area contributed by atoms with E-state index in [1.807, 2.05) is 33.4 Å². The lowest BCUT2D eigenvalue weighted by Crippen LogP contribution is -2.28. The van der Waals surface area contributed by atoms with Gasteiger partial charge in [0.25, 0.3) is 0 Å². The van der Waals surface area contributed by atoms with E-state index in [0.717, 1.165) is 0 Å². The summed E-state index contributed by atoms with van der Waals surface area (Å²) in [5.41, 5.74) is 6.94. The second-order valence-electron chi connectivity index (χ2n) is 3.26. The van der Waals surface area contributed by atoms with Crippen molar-refractivity contribution in [3.8, 4) is 0 Å². The van der Waals surface area contributed by atoms with Gasteiger partial charge in [0.15, 0.2) is 0 Å². The molecule has 1 heterocycles. The molecule has 0 radical (unpaired) electrons. The molecule has 0 spiro atoms. The Hall–Kier alpha value is -0.800. The number of hydrogen-bond donors (Lipinski definition) is 1. The third kappa shape index (κ3) is 1.68. The maximum absolute atomic E-state index is 5.68. The van der Waals surface area contributed by atoms with Gasteiger partial charge < -0.3 is 10.3 Å². The highest BCUT2D eigenvalue weighted by Gasteiger charge is 2.13. The van der Waals surface area contributed by atoms with Crippen LogP contribution in [0.3, 0.4) is 0 Å². The molecule has 0 aliphatic carbocycles. The Morgan fingerprint density at radius 1 is 1.58 bits per heavy atom. The van der Waals surface area contributed by atoms with Crippen LogP contribution in [-0.2, 0) is 7.05 Å². The SMILES string of the molecule is CN(C)[C@H](CN)c1cccn1C. The minimum absolute atomic E-state index is 0.324. The Balaban J connectivity index is 2.87. The second kappa shape index (κ2) is 3.74. The molecule has 68 valence electrons. The van der Waals surface area contributed by atoms with Crippen LogP contribution in [-0.4, -0.2) is 30.1 Å². The van der Waals surface area contributed by atoms with Crippen LogP contribution < -0.4 is 5.73 Å². The van der Waals surface area contributed by atoms with Gasteiger partial charge in [-0.15, -0.1) is 0 Å². The monoisotopic (exact) mass is 167 g/mol. The lowest BCUT2D eigenvalue weighted by Gasteiger charge is -2.23. The maximum Gasteiger partial charge on any atom is 0.0619 e. The molecule has 0 unspecified atom stereocenters. The summed E-state index contributed by atoms with van der Waals surface area (Å²) in [7, 11) is 6.14. The zero-order chi connectivity index (χ0) is 9.14. The Kier molecular flexibility index (Phi) is 2.89. The maximum atomic E-state index is 5.68. The second-order valence-corrected chi connectivity index (χ2v) is 3.26. The van der Waals surface area contributed by atoms with Crippen LogP contribution in [0, 0.1) is 0 Å². The minimum Gasteiger partial charge on any atom is -0.353 e. The predicted molar refractivity (Wildman–Crippen MR) is 50.9 cm³/mol. The molecule has 2 N–H and O–H groups in total. The molecule has 1 atom stereocenters. The first-order valence-electron chi connectivity index (χ1n) is 4.14. The lowest BCUT2D eigenvalue weighted by atomic mass is 10.2. The van der Waals surface area contributed by atoms with Crippen LogP contribution >= 0.6 is 0 Å². The Morgan fingerprint density at radius 2 is 2.25 bits per heavy atom. The summed E-state index contributed by atoms with van der Waals surface area (Å²) in [6.45, 7) is 0.658. The van der Waals surface area contributed by atoms with Crippen molar-refractivity contribution >= 4 is 0 Å². The standard InChI is InChI=1S/C9H17N3/c1-11(2)9(7-10)8-5-4-6-12(8)3/h4-6,9H,7,10H2,1-3H3/t9-/m1/s1. The first-order valence-corrected chi connectivity index (χ1v) is 4.14. The van der Waals surface area contributed by atoms with Crippen molar-refractivity contribution in [2.75, 3.05) is 20.6 Å². The normalized spacial score (nSPS) is 13.8. The van der Waals surface area contributed by atoms with Crippen molar-refractivity contribution in [1.29, 1.82) is 0 Å². The van der Waals surface area contributed by atoms with Gasteiger partial charge in [-0.05, 0) is 26.2 Å². The van der Waals surface area contributed by atoms with E-state index in [-0.39, 0.29) is 0 Å². The molecule has 0 saturated carbocycles. The number of likely N-dealkylation sites (N-methyl/N-ethyl adjacent to an activating group) is 1. The van der Waals surface area contributed by atoms with E-state index in [1.165, 1.54) is 5.69 Å². The van der Waals surface area contributed by atoms with Gasteiger partial charge in [-0.3, -0.25) is 4.90 Å². The molecule has 0 bridgehead atoms. The summed E-state index contributed by atoms with van der Waals surface area (Å²) < 4.78 is 2.11. The third-order valence-electron chi connectivity index (χ3n) is 2.17. The fourth-order valence-electron chi connectivity index (χ4n) is 1.42. The first-order chi connectivity index (χ1) is 5.66. The molecule has 0 saturated heterocycles. The quantitative estimate of drug-likeness (QED) is 0.715. The highest BCUT2D eigenvalue weighted by Crippen LogP contribution is 2.15. The molecular formula is C9H17N3. The Morgan fingerprint density at radius 3 is 2.58 bits per heavy atom. The van der Waals surface area contributed by atoms with E-state index in [2.05, 4.69) is 15.5 Å². The van der Waals surface area contributed by atoms with Crippen molar-refractivity contribution < 1.29 is 0 Å². The first kappa shape index (κ1) is 9.29. The van der Waals surface area contributed by atoms with Gasteiger partial charge in [0.05, 0.1) is 6.04 Å². The van der Waals surface area contributed by atoms with Gasteiger partial charge in [0.1, 0.15) is 0 Å². The zero-order valence-corrected chi connectivity index (χ0v) is 7.99. The van der Waals surface area contributed by atoms with Crippen molar-refractivity contribution in [2.45, 2.75) is 6.04 Å². The molecule has 0 aromatic carbocycles. The molecule has 1 aromatic rings. The molecule has 0 fully saturated rings. The molecule has 1 rings (SSSR count). The van der Waals surface area contributed by atoms with Crippen LogP contribution in [0.1, 0.15) is 11.7 Å². The van der Waals surface area contributed by atoms with Crippen molar-refractivity contribution in [3.05, 3.63) is 24.0 Å². The molecule has 0 amide bonds. The fraction of sp³-hybridized carbons (Fsp3) is 0.556. The molecule has 12 heavy (non-hydrogen) atoms. The van der Waals surface area contributed by atoms with Crippen LogP contribution in [0.25, 0.3) is 0 Å². The highest BCUT2D eigenvalue weighted by atomic mass is 15.1. The number of hydrogen-bond acceptors (Lipinski definition) is 2. The van der Waals surface area contributed by atoms with E-state index in [9.17, 15) is 0 Å². The molecular weight excluding hydrogens is 150 g/mol. The number of nitrogens with zero attached hydrogens (tertiary/aromatic N) is 2. The van der Waals surface area contributed by atoms with Crippen LogP contribution in [0.4, 0.5) is 0 Å². The molecule has 0 aliphatic rings. The smallest absolute Gasteiger partial charge is 0.0619 e. The van der Waals surface area contributed by atoms with Gasteiger partial charge in [-0.1, -0.05) is 0 Å². The summed E-state index contributed by atoms with van der Waals surface area (Å²) in [4.78, 5) is 2.13. The molecule has 3 heteroatoms. The van der Waals surface area contributed by atoms with Gasteiger partial charge in [-0.2, -0.15) is 0 Å². The minimum atomic E-state index is 0.324. The average Bonchev–Trinajstić information content (AvgIpc) is 2.38. The predicted octanol–water partition coefficient (Wildman–Crippen LogP) is 0.586. The van der Waals surface area contributed by atoms with Gasteiger partial charge in [-0.25, -0.2) is 0 Å². The topological polar surface area (TPSA) is 34.2 Å². The molecule has 1 aromatic heterocycles. The summed E-state index contributed by atoms with van der Waals surface area (Å²) in [6.07, 6.45) is 2.04. The van der Waals surface area contributed by atoms with Crippen LogP contribution in [0.5, 0.6) is 0 Å². The lowest BCUT2D eigenvalue weighted by molar-refractivity contribution is 0.295. The van der Waals surface area contributed by atoms with Gasteiger partial charge >= 0.3 is 0 Å². The van der Waals surface area contributed by atoms with Crippen LogP contribution in [0.15, 0.2) is 18.3 Å². The number of nitrogens with two attached hydrogens (primary N) is 1. The molecule has 0 aliphatic heterocycles. The summed E-state index contributed by atoms with van der Waals surface area (Å²) in [6, 6.07) is 4.48. The van der Waals surface area contributed by atoms with Crippen molar-refractivity contribution in [1.82, 2.24) is 9.47 Å². The highest BCUT2D eigenvalue weighted by molar-refractivity contribution is 5.11. The van der Waals surface area contributed by atoms with E-state index < -0.39 is 0 Å². The van der Waals surface area contributed by atoms with E-state index in [4.69, 9.17) is 5.73 Å². The average molecular weight is 167 g/mol. The van der Waals surface area contributed by atoms with Crippen LogP contribution in [0.2, 0.25) is 0 Å². The largest absolute Gasteiger partial charge is 0.353 e. The van der Waals surface area contributed by atoms with E-state index in [1.54, 1.807) is 0 Å². The van der Waals surface area contributed by atoms with Gasteiger partial charge in [0, 0.05) is 25.5 Å². The number of aryl methyl sites for hydroxylation is 1. The van der Waals surface area contributed by atoms with Crippen molar-refractivity contribution in [2.24, 2.45) is 12.8 Å². The van der Waals surface area contributed by atoms with Crippen molar-refractivity contribution in [3.63, 3.8) is 0 Å². The number of aromatic nitrogens is 1. The Labute approximate surface area is 73.8 Å². The molecule has 3 nitrogen and oxygen atoms in total. The number of rotatable bonds is 3. The summed E-state index contributed by atoms with van der Waals surface area (Å²) in [5, 5.41) is 0. The van der Waals surface area contributed by atoms with Gasteiger partial charge in [0.2, 0.25) is 0 Å². The third-order valence-corrected chi connectivity index (χ3v) is 2.17. The zero-order valence-electron chi connectivity index (χ0n) is 7.99. The fourth-order valence-corrected chi connectivity index (χ4v) is 1.42. The van der Waals surface area contributed by atoms with E-state index in [0.29, 0.717) is 12.6 Å².